The predicted octanol–water partition coefficient (Wildman–Crippen LogP) is 2.61. The summed E-state index contributed by atoms with van der Waals surface area (Å²) < 4.78 is 19.3. The summed E-state index contributed by atoms with van der Waals surface area (Å²) in [7, 11) is 0. The zero-order valence-corrected chi connectivity index (χ0v) is 12.9. The van der Waals surface area contributed by atoms with Crippen molar-refractivity contribution in [3.8, 4) is 5.88 Å². The summed E-state index contributed by atoms with van der Waals surface area (Å²) >= 11 is 0. The number of amides is 1. The van der Waals surface area contributed by atoms with Crippen LogP contribution >= 0.6 is 0 Å². The highest BCUT2D eigenvalue weighted by molar-refractivity contribution is 5.94. The number of aromatic nitrogens is 2. The van der Waals surface area contributed by atoms with E-state index in [1.165, 1.54) is 18.3 Å². The molecule has 0 aromatic carbocycles. The fourth-order valence-corrected chi connectivity index (χ4v) is 2.70. The second kappa shape index (κ2) is 6.73. The number of rotatable bonds is 3. The van der Waals surface area contributed by atoms with Crippen LogP contribution in [0.3, 0.4) is 0 Å². The highest BCUT2D eigenvalue weighted by atomic mass is 19.1. The molecule has 1 saturated heterocycles. The zero-order valence-electron chi connectivity index (χ0n) is 12.9. The van der Waals surface area contributed by atoms with E-state index in [9.17, 15) is 9.18 Å². The van der Waals surface area contributed by atoms with Gasteiger partial charge in [0.05, 0.1) is 6.54 Å². The van der Waals surface area contributed by atoms with Crippen LogP contribution in [0, 0.1) is 12.7 Å². The summed E-state index contributed by atoms with van der Waals surface area (Å²) in [6, 6.07) is 6.31. The molecule has 6 heteroatoms. The van der Waals surface area contributed by atoms with E-state index in [4.69, 9.17) is 4.74 Å². The number of hydrogen-bond donors (Lipinski definition) is 0. The molecule has 2 aromatic rings. The molecule has 0 spiro atoms. The minimum absolute atomic E-state index is 0.00782. The molecule has 23 heavy (non-hydrogen) atoms. The Bertz CT molecular complexity index is 708. The van der Waals surface area contributed by atoms with Crippen molar-refractivity contribution in [2.24, 2.45) is 0 Å². The lowest BCUT2D eigenvalue weighted by Gasteiger charge is -2.32. The molecule has 1 aliphatic rings. The molecule has 1 fully saturated rings. The van der Waals surface area contributed by atoms with Crippen molar-refractivity contribution in [1.29, 1.82) is 0 Å². The lowest BCUT2D eigenvalue weighted by Crippen LogP contribution is -2.44. The van der Waals surface area contributed by atoms with Crippen molar-refractivity contribution in [3.63, 3.8) is 0 Å². The number of aryl methyl sites for hydroxylation is 1. The fraction of sp³-hybridized carbons (Fsp3) is 0.353. The van der Waals surface area contributed by atoms with Crippen LogP contribution in [-0.4, -0.2) is 40.0 Å². The number of pyridine rings is 2. The second-order valence-corrected chi connectivity index (χ2v) is 5.61. The molecule has 3 rings (SSSR count). The average Bonchev–Trinajstić information content (AvgIpc) is 2.56. The Labute approximate surface area is 134 Å². The first kappa shape index (κ1) is 15.4. The van der Waals surface area contributed by atoms with E-state index in [1.54, 1.807) is 23.2 Å². The van der Waals surface area contributed by atoms with Crippen molar-refractivity contribution in [1.82, 2.24) is 14.9 Å². The maximum absolute atomic E-state index is 13.6. The number of ether oxygens (including phenoxy) is 1. The van der Waals surface area contributed by atoms with Crippen LogP contribution in [0.5, 0.6) is 5.88 Å². The van der Waals surface area contributed by atoms with Crippen molar-refractivity contribution in [2.75, 3.05) is 13.1 Å². The third kappa shape index (κ3) is 3.64. The number of piperidine rings is 1. The van der Waals surface area contributed by atoms with Gasteiger partial charge in [-0.3, -0.25) is 9.78 Å². The van der Waals surface area contributed by atoms with E-state index in [0.717, 1.165) is 18.5 Å². The first-order valence-electron chi connectivity index (χ1n) is 7.62. The minimum atomic E-state index is -0.485. The Morgan fingerprint density at radius 3 is 3.00 bits per heavy atom. The molecule has 0 saturated carbocycles. The largest absolute Gasteiger partial charge is 0.470 e. The van der Waals surface area contributed by atoms with Crippen LogP contribution in [0.1, 0.15) is 28.9 Å². The standard InChI is InChI=1S/C17H18FN3O2/c1-12-10-13(6-8-19-12)17(22)21-9-3-4-14(11-21)23-16-15(18)5-2-7-20-16/h2,5-8,10,14H,3-4,9,11H2,1H3. The van der Waals surface area contributed by atoms with Crippen LogP contribution in [0.4, 0.5) is 4.39 Å². The molecule has 5 nitrogen and oxygen atoms in total. The Morgan fingerprint density at radius 1 is 1.35 bits per heavy atom. The normalized spacial score (nSPS) is 17.8. The molecule has 2 aromatic heterocycles. The second-order valence-electron chi connectivity index (χ2n) is 5.61. The highest BCUT2D eigenvalue weighted by Gasteiger charge is 2.26. The lowest BCUT2D eigenvalue weighted by molar-refractivity contribution is 0.0518. The third-order valence-electron chi connectivity index (χ3n) is 3.81. The number of likely N-dealkylation sites (tertiary alicyclic amines) is 1. The maximum atomic E-state index is 13.6. The molecule has 0 radical (unpaired) electrons. The van der Waals surface area contributed by atoms with Gasteiger partial charge in [-0.1, -0.05) is 0 Å². The van der Waals surface area contributed by atoms with E-state index >= 15 is 0 Å². The number of halogens is 1. The number of carbonyl (C=O) groups is 1. The van der Waals surface area contributed by atoms with Crippen LogP contribution in [0.15, 0.2) is 36.7 Å². The molecule has 3 heterocycles. The number of nitrogens with zero attached hydrogens (tertiary/aromatic N) is 3. The van der Waals surface area contributed by atoms with Gasteiger partial charge < -0.3 is 9.64 Å². The quantitative estimate of drug-likeness (QED) is 0.873. The summed E-state index contributed by atoms with van der Waals surface area (Å²) in [5.74, 6) is -0.544. The van der Waals surface area contributed by atoms with Crippen molar-refractivity contribution in [2.45, 2.75) is 25.9 Å². The molecule has 1 amide bonds. The molecule has 1 aliphatic heterocycles. The van der Waals surface area contributed by atoms with Crippen molar-refractivity contribution >= 4 is 5.91 Å². The van der Waals surface area contributed by atoms with Crippen molar-refractivity contribution in [3.05, 3.63) is 53.7 Å². The third-order valence-corrected chi connectivity index (χ3v) is 3.81. The van der Waals surface area contributed by atoms with E-state index in [0.29, 0.717) is 18.7 Å². The first-order valence-corrected chi connectivity index (χ1v) is 7.62. The predicted molar refractivity (Wildman–Crippen MR) is 82.7 cm³/mol. The van der Waals surface area contributed by atoms with Crippen LogP contribution in [0.2, 0.25) is 0 Å². The monoisotopic (exact) mass is 315 g/mol. The van der Waals surface area contributed by atoms with Crippen LogP contribution in [-0.2, 0) is 0 Å². The Balaban J connectivity index is 1.68. The summed E-state index contributed by atoms with van der Waals surface area (Å²) in [4.78, 5) is 22.3. The maximum Gasteiger partial charge on any atom is 0.254 e. The van der Waals surface area contributed by atoms with Gasteiger partial charge in [0, 0.05) is 30.2 Å². The number of carbonyl (C=O) groups excluding carboxylic acids is 1. The molecular formula is C17H18FN3O2. The smallest absolute Gasteiger partial charge is 0.254 e. The summed E-state index contributed by atoms with van der Waals surface area (Å²) in [5.41, 5.74) is 1.42. The molecule has 0 aliphatic carbocycles. The van der Waals surface area contributed by atoms with Gasteiger partial charge in [-0.2, -0.15) is 0 Å². The Kier molecular flexibility index (Phi) is 4.50. The van der Waals surface area contributed by atoms with Gasteiger partial charge in [0.1, 0.15) is 6.10 Å². The van der Waals surface area contributed by atoms with E-state index in [1.807, 2.05) is 6.92 Å². The van der Waals surface area contributed by atoms with Gasteiger partial charge in [-0.25, -0.2) is 9.37 Å². The molecule has 0 bridgehead atoms. The SMILES string of the molecule is Cc1cc(C(=O)N2CCCC(Oc3ncccc3F)C2)ccn1. The molecular weight excluding hydrogens is 297 g/mol. The zero-order chi connectivity index (χ0) is 16.2. The fourth-order valence-electron chi connectivity index (χ4n) is 2.70. The van der Waals surface area contributed by atoms with Gasteiger partial charge in [0.25, 0.3) is 11.8 Å². The topological polar surface area (TPSA) is 55.3 Å². The van der Waals surface area contributed by atoms with Gasteiger partial charge >= 0.3 is 0 Å². The lowest BCUT2D eigenvalue weighted by atomic mass is 10.1. The van der Waals surface area contributed by atoms with Gasteiger partial charge in [-0.15, -0.1) is 0 Å². The molecule has 120 valence electrons. The average molecular weight is 315 g/mol. The molecule has 1 atom stereocenters. The summed E-state index contributed by atoms with van der Waals surface area (Å²) in [6.07, 6.45) is 4.46. The van der Waals surface area contributed by atoms with Crippen LogP contribution < -0.4 is 4.74 Å². The Morgan fingerprint density at radius 2 is 2.22 bits per heavy atom. The van der Waals surface area contributed by atoms with Crippen molar-refractivity contribution < 1.29 is 13.9 Å². The van der Waals surface area contributed by atoms with E-state index in [-0.39, 0.29) is 17.9 Å². The van der Waals surface area contributed by atoms with Gasteiger partial charge in [0.2, 0.25) is 0 Å². The van der Waals surface area contributed by atoms with E-state index in [2.05, 4.69) is 9.97 Å². The van der Waals surface area contributed by atoms with E-state index < -0.39 is 5.82 Å². The Hall–Kier alpha value is -2.50. The number of hydrogen-bond acceptors (Lipinski definition) is 4. The first-order chi connectivity index (χ1) is 11.1. The molecule has 0 N–H and O–H groups in total. The molecule has 1 unspecified atom stereocenters. The van der Waals surface area contributed by atoms with Gasteiger partial charge in [0.15, 0.2) is 5.82 Å². The summed E-state index contributed by atoms with van der Waals surface area (Å²) in [6.45, 7) is 2.95. The highest BCUT2D eigenvalue weighted by Crippen LogP contribution is 2.20. The summed E-state index contributed by atoms with van der Waals surface area (Å²) in [5, 5.41) is 0. The minimum Gasteiger partial charge on any atom is -0.470 e. The van der Waals surface area contributed by atoms with Gasteiger partial charge in [-0.05, 0) is 44.0 Å². The van der Waals surface area contributed by atoms with Crippen LogP contribution in [0.25, 0.3) is 0 Å².